The molecule has 24 heavy (non-hydrogen) atoms. The molecule has 134 valence electrons. The molecule has 2 aliphatic rings. The summed E-state index contributed by atoms with van der Waals surface area (Å²) in [6, 6.07) is 0.537. The van der Waals surface area contributed by atoms with Crippen LogP contribution in [0.1, 0.15) is 73.6 Å². The van der Waals surface area contributed by atoms with E-state index in [2.05, 4.69) is 5.32 Å². The summed E-state index contributed by atoms with van der Waals surface area (Å²) >= 11 is 0. The maximum atomic E-state index is 12.5. The first-order valence-electron chi connectivity index (χ1n) is 9.11. The van der Waals surface area contributed by atoms with Crippen molar-refractivity contribution < 1.29 is 9.59 Å². The second-order valence-corrected chi connectivity index (χ2v) is 9.20. The zero-order valence-corrected chi connectivity index (χ0v) is 16.0. The van der Waals surface area contributed by atoms with Crippen LogP contribution in [0, 0.1) is 10.8 Å². The van der Waals surface area contributed by atoms with Crippen LogP contribution >= 0.6 is 0 Å². The van der Waals surface area contributed by atoms with Crippen LogP contribution in [0.3, 0.4) is 0 Å². The third-order valence-electron chi connectivity index (χ3n) is 4.88. The third-order valence-corrected chi connectivity index (χ3v) is 4.88. The molecular formula is C20H32N2O2. The van der Waals surface area contributed by atoms with Gasteiger partial charge in [-0.05, 0) is 12.8 Å². The maximum Gasteiger partial charge on any atom is 0.163 e. The Kier molecular flexibility index (Phi) is 5.36. The quantitative estimate of drug-likeness (QED) is 0.799. The summed E-state index contributed by atoms with van der Waals surface area (Å²) in [5, 5.41) is 3.52. The molecule has 1 aliphatic heterocycles. The van der Waals surface area contributed by atoms with Crippen LogP contribution in [0.25, 0.3) is 0 Å². The van der Waals surface area contributed by atoms with Gasteiger partial charge in [-0.1, -0.05) is 54.4 Å². The molecule has 0 unspecified atom stereocenters. The van der Waals surface area contributed by atoms with Crippen LogP contribution in [0.15, 0.2) is 16.8 Å². The fraction of sp³-hybridized carbons (Fsp3) is 0.750. The molecule has 4 nitrogen and oxygen atoms in total. The molecule has 0 aromatic rings. The van der Waals surface area contributed by atoms with Gasteiger partial charge in [-0.2, -0.15) is 0 Å². The number of nitrogens with zero attached hydrogens (tertiary/aromatic N) is 1. The second kappa shape index (κ2) is 6.81. The Morgan fingerprint density at radius 3 is 2.29 bits per heavy atom. The SMILES string of the molecule is CC(C)(C)C(=O)/C=C1\N[C@H]2CCCC[C@@H]2N=C1CC(=O)C(C)(C)C. The van der Waals surface area contributed by atoms with Gasteiger partial charge in [0.2, 0.25) is 0 Å². The van der Waals surface area contributed by atoms with Crippen LogP contribution in [0.5, 0.6) is 0 Å². The van der Waals surface area contributed by atoms with E-state index < -0.39 is 10.8 Å². The Balaban J connectivity index is 2.32. The summed E-state index contributed by atoms with van der Waals surface area (Å²) in [6.07, 6.45) is 6.48. The number of nitrogens with one attached hydrogen (secondary N) is 1. The van der Waals surface area contributed by atoms with Gasteiger partial charge in [0, 0.05) is 22.9 Å². The largest absolute Gasteiger partial charge is 0.379 e. The number of Topliss-reactive ketones (excluding diaryl/α,β-unsaturated/α-hetero) is 1. The summed E-state index contributed by atoms with van der Waals surface area (Å²) in [5.41, 5.74) is 0.689. The molecule has 1 saturated carbocycles. The molecule has 1 aliphatic carbocycles. The van der Waals surface area contributed by atoms with E-state index in [1.165, 1.54) is 12.8 Å². The van der Waals surface area contributed by atoms with Crippen LogP contribution in [-0.4, -0.2) is 29.4 Å². The molecule has 1 fully saturated rings. The van der Waals surface area contributed by atoms with E-state index in [-0.39, 0.29) is 17.6 Å². The molecule has 2 rings (SSSR count). The van der Waals surface area contributed by atoms with Crippen molar-refractivity contribution in [1.82, 2.24) is 5.32 Å². The average Bonchev–Trinajstić information content (AvgIpc) is 2.45. The van der Waals surface area contributed by atoms with Crippen LogP contribution in [0.4, 0.5) is 0 Å². The molecule has 0 saturated heterocycles. The second-order valence-electron chi connectivity index (χ2n) is 9.20. The number of hydrogen-bond donors (Lipinski definition) is 1. The first-order chi connectivity index (χ1) is 11.0. The van der Waals surface area contributed by atoms with E-state index in [0.29, 0.717) is 12.5 Å². The van der Waals surface area contributed by atoms with E-state index in [4.69, 9.17) is 4.99 Å². The lowest BCUT2D eigenvalue weighted by atomic mass is 9.84. The van der Waals surface area contributed by atoms with Gasteiger partial charge in [0.25, 0.3) is 0 Å². The van der Waals surface area contributed by atoms with Crippen molar-refractivity contribution in [3.8, 4) is 0 Å². The van der Waals surface area contributed by atoms with Crippen molar-refractivity contribution in [3.05, 3.63) is 11.8 Å². The molecule has 0 aromatic carbocycles. The van der Waals surface area contributed by atoms with Crippen molar-refractivity contribution >= 4 is 17.3 Å². The van der Waals surface area contributed by atoms with E-state index in [0.717, 1.165) is 24.3 Å². The molecule has 0 bridgehead atoms. The van der Waals surface area contributed by atoms with Crippen molar-refractivity contribution in [2.24, 2.45) is 15.8 Å². The maximum absolute atomic E-state index is 12.5. The topological polar surface area (TPSA) is 58.5 Å². The Bertz CT molecular complexity index is 573. The predicted octanol–water partition coefficient (Wildman–Crippen LogP) is 3.85. The van der Waals surface area contributed by atoms with Crippen molar-refractivity contribution in [3.63, 3.8) is 0 Å². The summed E-state index contributed by atoms with van der Waals surface area (Å²) < 4.78 is 0. The zero-order valence-electron chi connectivity index (χ0n) is 16.0. The van der Waals surface area contributed by atoms with Crippen LogP contribution < -0.4 is 5.32 Å². The molecule has 0 spiro atoms. The van der Waals surface area contributed by atoms with Gasteiger partial charge >= 0.3 is 0 Å². The first-order valence-corrected chi connectivity index (χ1v) is 9.11. The molecule has 0 amide bonds. The molecule has 1 N–H and O–H groups in total. The molecule has 0 radical (unpaired) electrons. The Labute approximate surface area is 146 Å². The Hall–Kier alpha value is -1.45. The summed E-state index contributed by atoms with van der Waals surface area (Å²) in [4.78, 5) is 29.9. The highest BCUT2D eigenvalue weighted by atomic mass is 16.1. The smallest absolute Gasteiger partial charge is 0.163 e. The highest BCUT2D eigenvalue weighted by Gasteiger charge is 2.33. The number of hydrogen-bond acceptors (Lipinski definition) is 4. The number of ketones is 2. The van der Waals surface area contributed by atoms with Gasteiger partial charge in [-0.15, -0.1) is 0 Å². The zero-order chi connectivity index (χ0) is 18.1. The normalized spacial score (nSPS) is 26.4. The third kappa shape index (κ3) is 4.55. The van der Waals surface area contributed by atoms with Crippen LogP contribution in [-0.2, 0) is 9.59 Å². The fourth-order valence-electron chi connectivity index (χ4n) is 3.02. The minimum absolute atomic E-state index is 0.0650. The minimum atomic E-state index is -0.433. The molecule has 4 heteroatoms. The molecular weight excluding hydrogens is 300 g/mol. The number of carbonyl (C=O) groups excluding carboxylic acids is 2. The predicted molar refractivity (Wildman–Crippen MR) is 98.2 cm³/mol. The number of carbonyl (C=O) groups is 2. The van der Waals surface area contributed by atoms with Crippen molar-refractivity contribution in [2.45, 2.75) is 85.7 Å². The van der Waals surface area contributed by atoms with Gasteiger partial charge in [-0.25, -0.2) is 0 Å². The summed E-state index contributed by atoms with van der Waals surface area (Å²) in [7, 11) is 0. The molecule has 1 heterocycles. The first kappa shape index (κ1) is 18.9. The number of allylic oxidation sites excluding steroid dienone is 2. The minimum Gasteiger partial charge on any atom is -0.379 e. The lowest BCUT2D eigenvalue weighted by molar-refractivity contribution is -0.125. The monoisotopic (exact) mass is 332 g/mol. The number of fused-ring (bicyclic) bond motifs is 1. The highest BCUT2D eigenvalue weighted by molar-refractivity contribution is 6.14. The lowest BCUT2D eigenvalue weighted by Crippen LogP contribution is -2.47. The Morgan fingerprint density at radius 1 is 1.08 bits per heavy atom. The number of aliphatic imine (C=N–C) groups is 1. The highest BCUT2D eigenvalue weighted by Crippen LogP contribution is 2.28. The molecule has 2 atom stereocenters. The van der Waals surface area contributed by atoms with Crippen molar-refractivity contribution in [1.29, 1.82) is 0 Å². The lowest BCUT2D eigenvalue weighted by Gasteiger charge is -2.36. The molecule has 0 aromatic heterocycles. The van der Waals surface area contributed by atoms with Gasteiger partial charge in [0.15, 0.2) is 5.78 Å². The Morgan fingerprint density at radius 2 is 1.71 bits per heavy atom. The van der Waals surface area contributed by atoms with E-state index in [9.17, 15) is 9.59 Å². The van der Waals surface area contributed by atoms with Crippen molar-refractivity contribution in [2.75, 3.05) is 0 Å². The fourth-order valence-corrected chi connectivity index (χ4v) is 3.02. The van der Waals surface area contributed by atoms with E-state index >= 15 is 0 Å². The summed E-state index contributed by atoms with van der Waals surface area (Å²) in [5.74, 6) is 0.224. The van der Waals surface area contributed by atoms with E-state index in [1.807, 2.05) is 41.5 Å². The van der Waals surface area contributed by atoms with Gasteiger partial charge in [0.05, 0.1) is 23.9 Å². The standard InChI is InChI=1S/C20H32N2O2/c1-19(2,3)17(23)11-15-16(12-18(24)20(4,5)6)22-14-10-8-7-9-13(14)21-15/h11,13-14,21H,7-10,12H2,1-6H3/b15-11-/t13-,14-/m0/s1. The van der Waals surface area contributed by atoms with Gasteiger partial charge < -0.3 is 5.32 Å². The number of rotatable bonds is 3. The van der Waals surface area contributed by atoms with Crippen LogP contribution in [0.2, 0.25) is 0 Å². The summed E-state index contributed by atoms with van der Waals surface area (Å²) in [6.45, 7) is 11.5. The van der Waals surface area contributed by atoms with Gasteiger partial charge in [-0.3, -0.25) is 14.6 Å². The van der Waals surface area contributed by atoms with E-state index in [1.54, 1.807) is 6.08 Å². The average molecular weight is 332 g/mol. The van der Waals surface area contributed by atoms with Gasteiger partial charge in [0.1, 0.15) is 5.78 Å².